The number of carbonyl (C=O) groups excluding carboxylic acids is 2. The summed E-state index contributed by atoms with van der Waals surface area (Å²) in [5.74, 6) is -0.203. The molecule has 8 heteroatoms. The first kappa shape index (κ1) is 18.9. The van der Waals surface area contributed by atoms with Crippen molar-refractivity contribution in [3.05, 3.63) is 70.2 Å². The van der Waals surface area contributed by atoms with Gasteiger partial charge in [0.2, 0.25) is 5.91 Å². The van der Waals surface area contributed by atoms with Crippen LogP contribution in [0, 0.1) is 6.92 Å². The summed E-state index contributed by atoms with van der Waals surface area (Å²) in [5, 5.41) is 10.9. The van der Waals surface area contributed by atoms with Gasteiger partial charge in [0.1, 0.15) is 0 Å². The zero-order valence-electron chi connectivity index (χ0n) is 14.5. The lowest BCUT2D eigenvalue weighted by Gasteiger charge is -2.08. The minimum atomic E-state index is -0.388. The van der Waals surface area contributed by atoms with Gasteiger partial charge in [-0.05, 0) is 36.8 Å². The highest BCUT2D eigenvalue weighted by Crippen LogP contribution is 2.23. The molecule has 1 aromatic heterocycles. The molecule has 0 saturated heterocycles. The Morgan fingerprint density at radius 1 is 1.04 bits per heavy atom. The highest BCUT2D eigenvalue weighted by molar-refractivity contribution is 7.14. The van der Waals surface area contributed by atoms with E-state index < -0.39 is 0 Å². The molecule has 3 amide bonds. The number of nitrogens with one attached hydrogen (secondary N) is 3. The quantitative estimate of drug-likeness (QED) is 0.567. The molecule has 6 nitrogen and oxygen atoms in total. The van der Waals surface area contributed by atoms with Gasteiger partial charge in [0.05, 0.1) is 12.1 Å². The molecule has 27 heavy (non-hydrogen) atoms. The van der Waals surface area contributed by atoms with Gasteiger partial charge in [0.15, 0.2) is 5.13 Å². The fourth-order valence-corrected chi connectivity index (χ4v) is 3.21. The largest absolute Gasteiger partial charge is 0.325 e. The number of urea groups is 1. The van der Waals surface area contributed by atoms with Gasteiger partial charge in [-0.1, -0.05) is 35.9 Å². The van der Waals surface area contributed by atoms with Gasteiger partial charge in [-0.15, -0.1) is 11.3 Å². The summed E-state index contributed by atoms with van der Waals surface area (Å²) in [6, 6.07) is 14.1. The molecule has 1 heterocycles. The van der Waals surface area contributed by atoms with Crippen LogP contribution in [0.3, 0.4) is 0 Å². The van der Waals surface area contributed by atoms with Crippen LogP contribution in [0.1, 0.15) is 11.3 Å². The van der Waals surface area contributed by atoms with Crippen LogP contribution >= 0.6 is 22.9 Å². The molecule has 3 rings (SSSR count). The molecule has 0 aliphatic rings. The van der Waals surface area contributed by atoms with Crippen LogP contribution in [0.2, 0.25) is 5.02 Å². The van der Waals surface area contributed by atoms with Crippen LogP contribution < -0.4 is 16.0 Å². The van der Waals surface area contributed by atoms with Gasteiger partial charge in [0.25, 0.3) is 0 Å². The molecule has 138 valence electrons. The maximum absolute atomic E-state index is 12.2. The summed E-state index contributed by atoms with van der Waals surface area (Å²) in [5.41, 5.74) is 2.74. The molecule has 0 fully saturated rings. The van der Waals surface area contributed by atoms with E-state index in [0.717, 1.165) is 5.56 Å². The van der Waals surface area contributed by atoms with E-state index in [1.54, 1.807) is 35.7 Å². The Bertz CT molecular complexity index is 959. The molecule has 2 aromatic carbocycles. The summed E-state index contributed by atoms with van der Waals surface area (Å²) < 4.78 is 0. The lowest BCUT2D eigenvalue weighted by molar-refractivity contribution is -0.115. The predicted octanol–water partition coefficient (Wildman–Crippen LogP) is 4.93. The zero-order valence-corrected chi connectivity index (χ0v) is 16.0. The van der Waals surface area contributed by atoms with E-state index >= 15 is 0 Å². The topological polar surface area (TPSA) is 83.1 Å². The molecule has 0 saturated carbocycles. The monoisotopic (exact) mass is 400 g/mol. The van der Waals surface area contributed by atoms with E-state index in [1.807, 2.05) is 25.1 Å². The van der Waals surface area contributed by atoms with E-state index in [9.17, 15) is 9.59 Å². The number of carbonyl (C=O) groups is 2. The number of para-hydroxylation sites is 1. The van der Waals surface area contributed by atoms with Gasteiger partial charge in [0, 0.05) is 21.8 Å². The fourth-order valence-electron chi connectivity index (χ4n) is 2.33. The average Bonchev–Trinajstić information content (AvgIpc) is 3.06. The molecule has 0 radical (unpaired) electrons. The Kier molecular flexibility index (Phi) is 6.05. The normalized spacial score (nSPS) is 10.3. The lowest BCUT2D eigenvalue weighted by Crippen LogP contribution is -2.19. The molecule has 3 aromatic rings. The maximum atomic E-state index is 12.2. The Labute approximate surface area is 165 Å². The van der Waals surface area contributed by atoms with Crippen molar-refractivity contribution in [2.75, 3.05) is 16.0 Å². The molecular weight excluding hydrogens is 384 g/mol. The Morgan fingerprint density at radius 2 is 1.81 bits per heavy atom. The number of halogens is 1. The van der Waals surface area contributed by atoms with Crippen LogP contribution in [0.5, 0.6) is 0 Å². The lowest BCUT2D eigenvalue weighted by atomic mass is 10.2. The van der Waals surface area contributed by atoms with Crippen molar-refractivity contribution in [1.29, 1.82) is 0 Å². The molecule has 0 unspecified atom stereocenters. The summed E-state index contributed by atoms with van der Waals surface area (Å²) in [6.45, 7) is 1.84. The second-order valence-electron chi connectivity index (χ2n) is 5.73. The van der Waals surface area contributed by atoms with Gasteiger partial charge in [-0.3, -0.25) is 10.1 Å². The predicted molar refractivity (Wildman–Crippen MR) is 110 cm³/mol. The van der Waals surface area contributed by atoms with Crippen LogP contribution in [0.25, 0.3) is 0 Å². The molecule has 0 bridgehead atoms. The molecule has 0 atom stereocenters. The molecular formula is C19H17ClN4O2S. The summed E-state index contributed by atoms with van der Waals surface area (Å²) in [7, 11) is 0. The smallest absolute Gasteiger partial charge is 0.325 e. The number of thiazole rings is 1. The van der Waals surface area contributed by atoms with Crippen molar-refractivity contribution < 1.29 is 9.59 Å². The Hall–Kier alpha value is -2.90. The molecule has 0 aliphatic heterocycles. The second-order valence-corrected chi connectivity index (χ2v) is 6.99. The van der Waals surface area contributed by atoms with Crippen molar-refractivity contribution in [3.8, 4) is 0 Å². The van der Waals surface area contributed by atoms with Gasteiger partial charge in [-0.2, -0.15) is 0 Å². The number of amides is 3. The number of rotatable bonds is 5. The third-order valence-corrected chi connectivity index (χ3v) is 4.90. The molecule has 3 N–H and O–H groups in total. The molecule has 0 spiro atoms. The highest BCUT2D eigenvalue weighted by Gasteiger charge is 2.11. The number of nitrogens with zero attached hydrogens (tertiary/aromatic N) is 1. The number of anilines is 3. The number of hydrogen-bond donors (Lipinski definition) is 3. The number of hydrogen-bond acceptors (Lipinski definition) is 4. The molecule has 0 aliphatic carbocycles. The average molecular weight is 401 g/mol. The zero-order chi connectivity index (χ0) is 19.2. The third kappa shape index (κ3) is 5.29. The van der Waals surface area contributed by atoms with Crippen molar-refractivity contribution in [1.82, 2.24) is 4.98 Å². The van der Waals surface area contributed by atoms with E-state index in [2.05, 4.69) is 20.9 Å². The Morgan fingerprint density at radius 3 is 2.59 bits per heavy atom. The Balaban J connectivity index is 1.55. The van der Waals surface area contributed by atoms with Gasteiger partial charge < -0.3 is 10.6 Å². The number of aromatic nitrogens is 1. The third-order valence-electron chi connectivity index (χ3n) is 3.69. The van der Waals surface area contributed by atoms with E-state index in [-0.39, 0.29) is 18.4 Å². The van der Waals surface area contributed by atoms with Crippen molar-refractivity contribution in [2.24, 2.45) is 0 Å². The summed E-state index contributed by atoms with van der Waals surface area (Å²) in [6.07, 6.45) is 0.102. The minimum Gasteiger partial charge on any atom is -0.325 e. The van der Waals surface area contributed by atoms with Crippen LogP contribution in [0.15, 0.2) is 53.9 Å². The fraction of sp³-hybridized carbons (Fsp3) is 0.105. The van der Waals surface area contributed by atoms with Gasteiger partial charge in [-0.25, -0.2) is 9.78 Å². The van der Waals surface area contributed by atoms with E-state index in [0.29, 0.717) is 27.2 Å². The summed E-state index contributed by atoms with van der Waals surface area (Å²) >= 11 is 7.32. The van der Waals surface area contributed by atoms with Crippen molar-refractivity contribution in [2.45, 2.75) is 13.3 Å². The minimum absolute atomic E-state index is 0.102. The van der Waals surface area contributed by atoms with E-state index in [4.69, 9.17) is 11.6 Å². The van der Waals surface area contributed by atoms with Gasteiger partial charge >= 0.3 is 6.03 Å². The SMILES string of the molecule is Cc1c(Cl)cccc1NC(=O)Cc1csc(NC(=O)Nc2ccccc2)n1. The van der Waals surface area contributed by atoms with Crippen LogP contribution in [-0.4, -0.2) is 16.9 Å². The number of benzene rings is 2. The first-order valence-corrected chi connectivity index (χ1v) is 9.39. The maximum Gasteiger partial charge on any atom is 0.325 e. The first-order chi connectivity index (χ1) is 13.0. The van der Waals surface area contributed by atoms with Crippen molar-refractivity contribution >= 4 is 51.4 Å². The summed E-state index contributed by atoms with van der Waals surface area (Å²) in [4.78, 5) is 28.5. The second kappa shape index (κ2) is 8.66. The van der Waals surface area contributed by atoms with Crippen molar-refractivity contribution in [3.63, 3.8) is 0 Å². The van der Waals surface area contributed by atoms with Crippen LogP contribution in [0.4, 0.5) is 21.3 Å². The van der Waals surface area contributed by atoms with E-state index in [1.165, 1.54) is 11.3 Å². The van der Waals surface area contributed by atoms with Crippen LogP contribution in [-0.2, 0) is 11.2 Å². The first-order valence-electron chi connectivity index (χ1n) is 8.13. The standard InChI is InChI=1S/C19H17ClN4O2S/c1-12-15(20)8-5-9-16(12)23-17(25)10-14-11-27-19(22-14)24-18(26)21-13-6-3-2-4-7-13/h2-9,11H,10H2,1H3,(H,23,25)(H2,21,22,24,26). The highest BCUT2D eigenvalue weighted by atomic mass is 35.5.